The second-order valence-corrected chi connectivity index (χ2v) is 8.02. The summed E-state index contributed by atoms with van der Waals surface area (Å²) in [7, 11) is 0. The quantitative estimate of drug-likeness (QED) is 0.525. The zero-order valence-electron chi connectivity index (χ0n) is 17.0. The Morgan fingerprint density at radius 2 is 1.90 bits per heavy atom. The van der Waals surface area contributed by atoms with Crippen LogP contribution in [0, 0.1) is 11.6 Å². The maximum absolute atomic E-state index is 14.2. The maximum atomic E-state index is 14.2. The number of piperidine rings is 1. The van der Waals surface area contributed by atoms with Crippen molar-refractivity contribution in [2.24, 2.45) is 0 Å². The molecule has 1 aliphatic rings. The normalized spacial score (nSPS) is 17.4. The number of rotatable bonds is 5. The van der Waals surface area contributed by atoms with Crippen molar-refractivity contribution in [3.05, 3.63) is 70.6 Å². The number of pyridine rings is 2. The molecule has 3 N–H and O–H groups in total. The molecule has 0 bridgehead atoms. The van der Waals surface area contributed by atoms with E-state index in [1.165, 1.54) is 0 Å². The number of benzene rings is 1. The van der Waals surface area contributed by atoms with E-state index in [9.17, 15) is 8.78 Å². The maximum Gasteiger partial charge on any atom is 0.166 e. The van der Waals surface area contributed by atoms with Gasteiger partial charge in [0.15, 0.2) is 11.6 Å². The Labute approximate surface area is 184 Å². The van der Waals surface area contributed by atoms with Gasteiger partial charge >= 0.3 is 0 Å². The van der Waals surface area contributed by atoms with Gasteiger partial charge in [-0.3, -0.25) is 4.98 Å². The van der Waals surface area contributed by atoms with Crippen molar-refractivity contribution in [2.75, 3.05) is 18.8 Å². The molecule has 0 saturated carbocycles. The highest BCUT2D eigenvalue weighted by molar-refractivity contribution is 6.31. The Hall–Kier alpha value is -2.77. The first-order chi connectivity index (χ1) is 14.9. The summed E-state index contributed by atoms with van der Waals surface area (Å²) in [6, 6.07) is 7.71. The molecule has 3 aromatic rings. The van der Waals surface area contributed by atoms with Crippen molar-refractivity contribution in [1.29, 1.82) is 0 Å². The van der Waals surface area contributed by atoms with Crippen molar-refractivity contribution < 1.29 is 13.5 Å². The minimum absolute atomic E-state index is 0.0708. The van der Waals surface area contributed by atoms with Crippen molar-refractivity contribution in [2.45, 2.75) is 31.8 Å². The molecule has 1 aromatic carbocycles. The van der Waals surface area contributed by atoms with Crippen molar-refractivity contribution >= 4 is 17.4 Å². The molecule has 2 unspecified atom stereocenters. The highest BCUT2D eigenvalue weighted by Crippen LogP contribution is 2.35. The fourth-order valence-corrected chi connectivity index (χ4v) is 4.10. The predicted octanol–water partition coefficient (Wildman–Crippen LogP) is 5.26. The number of nitrogen functional groups attached to an aromatic ring is 1. The van der Waals surface area contributed by atoms with Crippen LogP contribution >= 0.6 is 11.6 Å². The molecule has 2 atom stereocenters. The predicted molar refractivity (Wildman–Crippen MR) is 117 cm³/mol. The lowest BCUT2D eigenvalue weighted by Crippen LogP contribution is -2.28. The van der Waals surface area contributed by atoms with E-state index >= 15 is 0 Å². The monoisotopic (exact) mass is 444 g/mol. The van der Waals surface area contributed by atoms with Gasteiger partial charge in [-0.15, -0.1) is 0 Å². The summed E-state index contributed by atoms with van der Waals surface area (Å²) >= 11 is 5.95. The van der Waals surface area contributed by atoms with Crippen LogP contribution in [-0.4, -0.2) is 23.1 Å². The van der Waals surface area contributed by atoms with Crippen LogP contribution in [0.5, 0.6) is 5.75 Å². The van der Waals surface area contributed by atoms with Gasteiger partial charge in [0.2, 0.25) is 0 Å². The average Bonchev–Trinajstić information content (AvgIpc) is 2.79. The van der Waals surface area contributed by atoms with E-state index in [0.717, 1.165) is 54.9 Å². The Balaban J connectivity index is 1.57. The zero-order valence-corrected chi connectivity index (χ0v) is 17.8. The number of ether oxygens (including phenoxy) is 1. The molecule has 0 aliphatic carbocycles. The third kappa shape index (κ3) is 4.62. The first kappa shape index (κ1) is 21.5. The molecular weight excluding hydrogens is 422 g/mol. The number of hydrogen-bond donors (Lipinski definition) is 2. The highest BCUT2D eigenvalue weighted by atomic mass is 35.5. The zero-order chi connectivity index (χ0) is 22.0. The van der Waals surface area contributed by atoms with Gasteiger partial charge in [0.05, 0.1) is 5.02 Å². The summed E-state index contributed by atoms with van der Waals surface area (Å²) in [5.74, 6) is -0.559. The van der Waals surface area contributed by atoms with Gasteiger partial charge in [-0.25, -0.2) is 13.8 Å². The smallest absolute Gasteiger partial charge is 0.166 e. The minimum atomic E-state index is -0.873. The Bertz CT molecular complexity index is 1070. The highest BCUT2D eigenvalue weighted by Gasteiger charge is 2.21. The molecular formula is C23H23ClF2N4O. The number of anilines is 1. The third-order valence-corrected chi connectivity index (χ3v) is 5.89. The van der Waals surface area contributed by atoms with E-state index in [-0.39, 0.29) is 22.2 Å². The van der Waals surface area contributed by atoms with Crippen LogP contribution in [0.3, 0.4) is 0 Å². The van der Waals surface area contributed by atoms with Crippen LogP contribution in [0.4, 0.5) is 14.6 Å². The van der Waals surface area contributed by atoms with E-state index in [2.05, 4.69) is 15.3 Å². The van der Waals surface area contributed by atoms with Crippen molar-refractivity contribution in [3.63, 3.8) is 0 Å². The molecule has 0 amide bonds. The minimum Gasteiger partial charge on any atom is -0.482 e. The van der Waals surface area contributed by atoms with Gasteiger partial charge in [-0.1, -0.05) is 17.7 Å². The van der Waals surface area contributed by atoms with Crippen molar-refractivity contribution in [1.82, 2.24) is 15.3 Å². The lowest BCUT2D eigenvalue weighted by Gasteiger charge is -2.22. The molecule has 2 aromatic heterocycles. The van der Waals surface area contributed by atoms with Crippen LogP contribution < -0.4 is 15.8 Å². The number of halogens is 3. The van der Waals surface area contributed by atoms with Crippen LogP contribution in [-0.2, 0) is 0 Å². The molecule has 4 rings (SSSR count). The molecule has 162 valence electrons. The molecule has 0 spiro atoms. The van der Waals surface area contributed by atoms with Crippen LogP contribution in [0.2, 0.25) is 5.02 Å². The Morgan fingerprint density at radius 1 is 1.13 bits per heavy atom. The molecule has 1 fully saturated rings. The molecule has 3 heterocycles. The third-order valence-electron chi connectivity index (χ3n) is 5.51. The fourth-order valence-electron chi connectivity index (χ4n) is 3.79. The fraction of sp³-hybridized carbons (Fsp3) is 0.304. The lowest BCUT2D eigenvalue weighted by molar-refractivity contribution is 0.221. The summed E-state index contributed by atoms with van der Waals surface area (Å²) in [4.78, 5) is 8.81. The first-order valence-electron chi connectivity index (χ1n) is 10.2. The van der Waals surface area contributed by atoms with Gasteiger partial charge in [0.1, 0.15) is 17.7 Å². The number of hydrogen-bond acceptors (Lipinski definition) is 5. The second kappa shape index (κ2) is 9.16. The lowest BCUT2D eigenvalue weighted by atomic mass is 9.95. The summed E-state index contributed by atoms with van der Waals surface area (Å²) in [5.41, 5.74) is 8.55. The molecule has 31 heavy (non-hydrogen) atoms. The molecule has 8 heteroatoms. The SMILES string of the molecule is CC(Oc1cc(-c2ccc(C3CCCNC3)nc2)cnc1N)c1c(F)ccc(F)c1Cl. The van der Waals surface area contributed by atoms with Crippen molar-refractivity contribution in [3.8, 4) is 16.9 Å². The number of nitrogens with one attached hydrogen (secondary N) is 1. The summed E-state index contributed by atoms with van der Waals surface area (Å²) in [6.07, 6.45) is 4.82. The molecule has 1 saturated heterocycles. The number of nitrogens with zero attached hydrogens (tertiary/aromatic N) is 2. The topological polar surface area (TPSA) is 73.1 Å². The molecule has 5 nitrogen and oxygen atoms in total. The van der Waals surface area contributed by atoms with E-state index in [1.807, 2.05) is 12.1 Å². The van der Waals surface area contributed by atoms with Gasteiger partial charge in [-0.2, -0.15) is 0 Å². The number of aromatic nitrogens is 2. The van der Waals surface area contributed by atoms with Gasteiger partial charge in [0, 0.05) is 47.2 Å². The summed E-state index contributed by atoms with van der Waals surface area (Å²) in [6.45, 7) is 3.56. The largest absolute Gasteiger partial charge is 0.482 e. The first-order valence-corrected chi connectivity index (χ1v) is 10.5. The summed E-state index contributed by atoms with van der Waals surface area (Å²) in [5, 5.41) is 3.08. The number of nitrogens with two attached hydrogens (primary N) is 1. The van der Waals surface area contributed by atoms with Crippen LogP contribution in [0.25, 0.3) is 11.1 Å². The molecule has 0 radical (unpaired) electrons. The molecule has 1 aliphatic heterocycles. The van der Waals surface area contributed by atoms with E-state index in [1.54, 1.807) is 25.4 Å². The van der Waals surface area contributed by atoms with Gasteiger partial charge in [0.25, 0.3) is 0 Å². The van der Waals surface area contributed by atoms with Crippen LogP contribution in [0.15, 0.2) is 42.7 Å². The van der Waals surface area contributed by atoms with E-state index in [0.29, 0.717) is 5.92 Å². The Morgan fingerprint density at radius 3 is 2.61 bits per heavy atom. The summed E-state index contributed by atoms with van der Waals surface area (Å²) < 4.78 is 33.8. The van der Waals surface area contributed by atoms with E-state index < -0.39 is 17.7 Å². The Kier molecular flexibility index (Phi) is 6.34. The van der Waals surface area contributed by atoms with Crippen LogP contribution in [0.1, 0.15) is 43.0 Å². The van der Waals surface area contributed by atoms with E-state index in [4.69, 9.17) is 22.1 Å². The standard InChI is InChI=1S/C23H23ClF2N4O/c1-13(21-17(25)5-6-18(26)22(21)24)31-20-9-16(12-30-23(20)27)14-4-7-19(29-11-14)15-3-2-8-28-10-15/h4-7,9,11-13,15,28H,2-3,8,10H2,1H3,(H2,27,30). The average molecular weight is 445 g/mol. The van der Waals surface area contributed by atoms with Gasteiger partial charge in [-0.05, 0) is 50.6 Å². The second-order valence-electron chi connectivity index (χ2n) is 7.64. The van der Waals surface area contributed by atoms with Gasteiger partial charge < -0.3 is 15.8 Å².